The first-order chi connectivity index (χ1) is 9.00. The Morgan fingerprint density at radius 3 is 2.74 bits per heavy atom. The molecule has 5 heteroatoms. The van der Waals surface area contributed by atoms with Gasteiger partial charge in [-0.15, -0.1) is 0 Å². The molecule has 0 radical (unpaired) electrons. The molecule has 102 valence electrons. The highest BCUT2D eigenvalue weighted by molar-refractivity contribution is 6.02. The average Bonchev–Trinajstić information content (AvgIpc) is 2.75. The number of carbonyl (C=O) groups excluding carboxylic acids is 1. The summed E-state index contributed by atoms with van der Waals surface area (Å²) in [6.07, 6.45) is 0.374. The molecule has 2 rings (SSSR count). The summed E-state index contributed by atoms with van der Waals surface area (Å²) in [5.74, 6) is -1.17. The van der Waals surface area contributed by atoms with Gasteiger partial charge in [0.1, 0.15) is 6.04 Å². The van der Waals surface area contributed by atoms with Crippen molar-refractivity contribution in [3.63, 3.8) is 0 Å². The number of hydrogen-bond donors (Lipinski definition) is 2. The monoisotopic (exact) mass is 262 g/mol. The summed E-state index contributed by atoms with van der Waals surface area (Å²) in [6, 6.07) is 6.74. The molecule has 0 saturated carbocycles. The number of carbonyl (C=O) groups is 2. The third-order valence-corrected chi connectivity index (χ3v) is 3.19. The van der Waals surface area contributed by atoms with Crippen LogP contribution in [0.5, 0.6) is 0 Å². The van der Waals surface area contributed by atoms with E-state index >= 15 is 0 Å². The maximum atomic E-state index is 12.2. The van der Waals surface area contributed by atoms with E-state index in [4.69, 9.17) is 0 Å². The van der Waals surface area contributed by atoms with Gasteiger partial charge in [0.15, 0.2) is 0 Å². The SMILES string of the molecule is CC(C)NCC(=O)N1c2ccccc2C[C@H]1C(=O)O. The Kier molecular flexibility index (Phi) is 3.85. The molecule has 1 aliphatic heterocycles. The van der Waals surface area contributed by atoms with Crippen LogP contribution in [0.15, 0.2) is 24.3 Å². The Balaban J connectivity index is 2.24. The van der Waals surface area contributed by atoms with E-state index in [0.29, 0.717) is 12.1 Å². The molecule has 1 atom stereocenters. The third-order valence-electron chi connectivity index (χ3n) is 3.19. The fourth-order valence-electron chi connectivity index (χ4n) is 2.27. The van der Waals surface area contributed by atoms with Crippen LogP contribution in [0.1, 0.15) is 19.4 Å². The van der Waals surface area contributed by atoms with Gasteiger partial charge in [-0.25, -0.2) is 4.79 Å². The number of rotatable bonds is 4. The molecule has 1 aliphatic rings. The summed E-state index contributed by atoms with van der Waals surface area (Å²) >= 11 is 0. The van der Waals surface area contributed by atoms with E-state index in [-0.39, 0.29) is 18.5 Å². The number of nitrogens with zero attached hydrogens (tertiary/aromatic N) is 1. The van der Waals surface area contributed by atoms with Crippen molar-refractivity contribution >= 4 is 17.6 Å². The summed E-state index contributed by atoms with van der Waals surface area (Å²) in [5, 5.41) is 12.3. The van der Waals surface area contributed by atoms with E-state index in [1.165, 1.54) is 4.90 Å². The van der Waals surface area contributed by atoms with E-state index in [9.17, 15) is 14.7 Å². The van der Waals surface area contributed by atoms with Gasteiger partial charge < -0.3 is 10.4 Å². The minimum atomic E-state index is -0.964. The summed E-state index contributed by atoms with van der Waals surface area (Å²) in [5.41, 5.74) is 1.62. The van der Waals surface area contributed by atoms with Crippen LogP contribution in [0.4, 0.5) is 5.69 Å². The molecular weight excluding hydrogens is 244 g/mol. The number of carboxylic acid groups (broad SMARTS) is 1. The number of para-hydroxylation sites is 1. The molecule has 1 aromatic rings. The smallest absolute Gasteiger partial charge is 0.327 e. The molecule has 0 bridgehead atoms. The van der Waals surface area contributed by atoms with E-state index in [0.717, 1.165) is 5.56 Å². The van der Waals surface area contributed by atoms with Crippen LogP contribution in [-0.2, 0) is 16.0 Å². The molecular formula is C14H18N2O3. The Morgan fingerprint density at radius 1 is 1.42 bits per heavy atom. The van der Waals surface area contributed by atoms with E-state index in [1.807, 2.05) is 32.0 Å². The molecule has 2 N–H and O–H groups in total. The number of anilines is 1. The molecule has 0 spiro atoms. The Bertz CT molecular complexity index is 499. The molecule has 1 aromatic carbocycles. The fraction of sp³-hybridized carbons (Fsp3) is 0.429. The number of fused-ring (bicyclic) bond motifs is 1. The minimum Gasteiger partial charge on any atom is -0.480 e. The van der Waals surface area contributed by atoms with Crippen molar-refractivity contribution in [3.8, 4) is 0 Å². The lowest BCUT2D eigenvalue weighted by Crippen LogP contribution is -2.47. The molecule has 1 heterocycles. The number of nitrogens with one attached hydrogen (secondary N) is 1. The van der Waals surface area contributed by atoms with Crippen molar-refractivity contribution in [2.24, 2.45) is 0 Å². The molecule has 0 aliphatic carbocycles. The van der Waals surface area contributed by atoms with Gasteiger partial charge in [0.05, 0.1) is 6.54 Å². The number of aliphatic carboxylic acids is 1. The lowest BCUT2D eigenvalue weighted by Gasteiger charge is -2.23. The van der Waals surface area contributed by atoms with Gasteiger partial charge in [-0.2, -0.15) is 0 Å². The van der Waals surface area contributed by atoms with E-state index in [2.05, 4.69) is 5.32 Å². The molecule has 5 nitrogen and oxygen atoms in total. The lowest BCUT2D eigenvalue weighted by molar-refractivity contribution is -0.139. The number of amides is 1. The van der Waals surface area contributed by atoms with Crippen LogP contribution in [0.3, 0.4) is 0 Å². The van der Waals surface area contributed by atoms with Gasteiger partial charge in [-0.3, -0.25) is 9.69 Å². The zero-order chi connectivity index (χ0) is 14.0. The summed E-state index contributed by atoms with van der Waals surface area (Å²) in [4.78, 5) is 24.9. The molecule has 1 amide bonds. The second-order valence-corrected chi connectivity index (χ2v) is 4.99. The second kappa shape index (κ2) is 5.40. The van der Waals surface area contributed by atoms with Gasteiger partial charge in [0, 0.05) is 18.2 Å². The topological polar surface area (TPSA) is 69.6 Å². The first kappa shape index (κ1) is 13.5. The van der Waals surface area contributed by atoms with Crippen molar-refractivity contribution in [2.75, 3.05) is 11.4 Å². The second-order valence-electron chi connectivity index (χ2n) is 4.99. The maximum absolute atomic E-state index is 12.2. The lowest BCUT2D eigenvalue weighted by atomic mass is 10.1. The van der Waals surface area contributed by atoms with Crippen LogP contribution >= 0.6 is 0 Å². The normalized spacial score (nSPS) is 17.6. The highest BCUT2D eigenvalue weighted by Crippen LogP contribution is 2.32. The first-order valence-electron chi connectivity index (χ1n) is 6.37. The summed E-state index contributed by atoms with van der Waals surface area (Å²) < 4.78 is 0. The molecule has 0 saturated heterocycles. The van der Waals surface area contributed by atoms with Gasteiger partial charge in [-0.1, -0.05) is 32.0 Å². The van der Waals surface area contributed by atoms with Crippen molar-refractivity contribution in [1.82, 2.24) is 5.32 Å². The predicted octanol–water partition coefficient (Wildman–Crippen LogP) is 1.03. The van der Waals surface area contributed by atoms with Gasteiger partial charge in [0.25, 0.3) is 0 Å². The quantitative estimate of drug-likeness (QED) is 0.850. The van der Waals surface area contributed by atoms with Gasteiger partial charge >= 0.3 is 5.97 Å². The zero-order valence-corrected chi connectivity index (χ0v) is 11.1. The highest BCUT2D eigenvalue weighted by atomic mass is 16.4. The molecule has 0 fully saturated rings. The Hall–Kier alpha value is -1.88. The largest absolute Gasteiger partial charge is 0.480 e. The van der Waals surface area contributed by atoms with Crippen LogP contribution in [0.2, 0.25) is 0 Å². The zero-order valence-electron chi connectivity index (χ0n) is 11.1. The van der Waals surface area contributed by atoms with Gasteiger partial charge in [0.2, 0.25) is 5.91 Å². The van der Waals surface area contributed by atoms with Gasteiger partial charge in [-0.05, 0) is 11.6 Å². The minimum absolute atomic E-state index is 0.149. The fourth-order valence-corrected chi connectivity index (χ4v) is 2.27. The highest BCUT2D eigenvalue weighted by Gasteiger charge is 2.37. The maximum Gasteiger partial charge on any atom is 0.327 e. The summed E-state index contributed by atoms with van der Waals surface area (Å²) in [6.45, 7) is 4.04. The van der Waals surface area contributed by atoms with E-state index in [1.54, 1.807) is 6.07 Å². The molecule has 0 unspecified atom stereocenters. The average molecular weight is 262 g/mol. The Morgan fingerprint density at radius 2 is 2.11 bits per heavy atom. The van der Waals surface area contributed by atoms with Crippen molar-refractivity contribution in [2.45, 2.75) is 32.4 Å². The number of hydrogen-bond acceptors (Lipinski definition) is 3. The van der Waals surface area contributed by atoms with Crippen molar-refractivity contribution < 1.29 is 14.7 Å². The number of benzene rings is 1. The first-order valence-corrected chi connectivity index (χ1v) is 6.37. The number of carboxylic acids is 1. The Labute approximate surface area is 112 Å². The van der Waals surface area contributed by atoms with Crippen LogP contribution in [0.25, 0.3) is 0 Å². The third kappa shape index (κ3) is 2.76. The standard InChI is InChI=1S/C14H18N2O3/c1-9(2)15-8-13(17)16-11-6-4-3-5-10(11)7-12(16)14(18)19/h3-6,9,12,15H,7-8H2,1-2H3,(H,18,19)/t12-/m0/s1. The van der Waals surface area contributed by atoms with Crippen LogP contribution in [0, 0.1) is 0 Å². The molecule has 19 heavy (non-hydrogen) atoms. The summed E-state index contributed by atoms with van der Waals surface area (Å²) in [7, 11) is 0. The van der Waals surface area contributed by atoms with Crippen molar-refractivity contribution in [3.05, 3.63) is 29.8 Å². The van der Waals surface area contributed by atoms with Crippen LogP contribution in [-0.4, -0.2) is 35.6 Å². The molecule has 0 aromatic heterocycles. The predicted molar refractivity (Wildman–Crippen MR) is 72.2 cm³/mol. The van der Waals surface area contributed by atoms with Crippen molar-refractivity contribution in [1.29, 1.82) is 0 Å². The van der Waals surface area contributed by atoms with E-state index < -0.39 is 12.0 Å². The van der Waals surface area contributed by atoms with Crippen LogP contribution < -0.4 is 10.2 Å².